The molecule has 0 aliphatic carbocycles. The SMILES string of the molecule is CNc1cc(-c2ccccc2)c([N+](=O)[O-])c(-c2ccccc2)c1C#N. The van der Waals surface area contributed by atoms with E-state index in [1.165, 1.54) is 0 Å². The molecule has 3 rings (SSSR count). The van der Waals surface area contributed by atoms with E-state index in [1.54, 1.807) is 37.4 Å². The molecule has 3 aromatic carbocycles. The zero-order chi connectivity index (χ0) is 17.8. The van der Waals surface area contributed by atoms with Crippen LogP contribution in [-0.4, -0.2) is 12.0 Å². The van der Waals surface area contributed by atoms with Gasteiger partial charge in [-0.15, -0.1) is 0 Å². The number of rotatable bonds is 4. The van der Waals surface area contributed by atoms with Gasteiger partial charge in [-0.2, -0.15) is 5.26 Å². The fraction of sp³-hybridized carbons (Fsp3) is 0.0500. The molecule has 0 aliphatic rings. The largest absolute Gasteiger partial charge is 0.387 e. The van der Waals surface area contributed by atoms with Crippen LogP contribution in [0.1, 0.15) is 5.56 Å². The molecular weight excluding hydrogens is 314 g/mol. The van der Waals surface area contributed by atoms with Crippen LogP contribution in [0.5, 0.6) is 0 Å². The molecule has 0 heterocycles. The van der Waals surface area contributed by atoms with Crippen molar-refractivity contribution >= 4 is 11.4 Å². The van der Waals surface area contributed by atoms with E-state index in [9.17, 15) is 15.4 Å². The Kier molecular flexibility index (Phi) is 4.44. The Hall–Kier alpha value is -3.65. The van der Waals surface area contributed by atoms with Crippen LogP contribution in [0.2, 0.25) is 0 Å². The van der Waals surface area contributed by atoms with Gasteiger partial charge < -0.3 is 5.32 Å². The van der Waals surface area contributed by atoms with Crippen LogP contribution in [0.25, 0.3) is 22.3 Å². The Balaban J connectivity index is 2.47. The summed E-state index contributed by atoms with van der Waals surface area (Å²) >= 11 is 0. The first-order valence-electron chi connectivity index (χ1n) is 7.71. The Morgan fingerprint density at radius 2 is 1.56 bits per heavy atom. The molecule has 0 saturated carbocycles. The van der Waals surface area contributed by atoms with E-state index < -0.39 is 4.92 Å². The van der Waals surface area contributed by atoms with Crippen LogP contribution < -0.4 is 5.32 Å². The van der Waals surface area contributed by atoms with Gasteiger partial charge >= 0.3 is 0 Å². The smallest absolute Gasteiger partial charge is 0.286 e. The van der Waals surface area contributed by atoms with E-state index in [-0.39, 0.29) is 11.3 Å². The minimum atomic E-state index is -0.412. The van der Waals surface area contributed by atoms with Gasteiger partial charge in [0.05, 0.1) is 27.3 Å². The zero-order valence-corrected chi connectivity index (χ0v) is 13.6. The highest BCUT2D eigenvalue weighted by molar-refractivity contribution is 5.94. The lowest BCUT2D eigenvalue weighted by Crippen LogP contribution is -2.02. The number of hydrogen-bond acceptors (Lipinski definition) is 4. The molecule has 3 aromatic rings. The Morgan fingerprint density at radius 3 is 2.04 bits per heavy atom. The first-order valence-corrected chi connectivity index (χ1v) is 7.71. The van der Waals surface area contributed by atoms with Crippen LogP contribution >= 0.6 is 0 Å². The monoisotopic (exact) mass is 329 g/mol. The average molecular weight is 329 g/mol. The number of benzene rings is 3. The third kappa shape index (κ3) is 2.93. The first kappa shape index (κ1) is 16.2. The summed E-state index contributed by atoms with van der Waals surface area (Å²) in [7, 11) is 1.70. The van der Waals surface area contributed by atoms with Gasteiger partial charge in [-0.05, 0) is 17.2 Å². The number of nitrogens with zero attached hydrogens (tertiary/aromatic N) is 2. The molecule has 0 aliphatic heterocycles. The molecule has 122 valence electrons. The number of nitro groups is 1. The van der Waals surface area contributed by atoms with E-state index in [0.717, 1.165) is 5.56 Å². The summed E-state index contributed by atoms with van der Waals surface area (Å²) in [5.41, 5.74) is 2.94. The minimum absolute atomic E-state index is 0.0621. The highest BCUT2D eigenvalue weighted by Crippen LogP contribution is 2.44. The summed E-state index contributed by atoms with van der Waals surface area (Å²) in [5.74, 6) is 0. The maximum atomic E-state index is 11.9. The predicted octanol–water partition coefficient (Wildman–Crippen LogP) is 4.84. The van der Waals surface area contributed by atoms with Crippen LogP contribution in [0, 0.1) is 21.4 Å². The molecule has 0 aromatic heterocycles. The van der Waals surface area contributed by atoms with Crippen molar-refractivity contribution in [3.63, 3.8) is 0 Å². The Labute approximate surface area is 145 Å². The summed E-state index contributed by atoms with van der Waals surface area (Å²) in [5, 5.41) is 24.6. The highest BCUT2D eigenvalue weighted by atomic mass is 16.6. The van der Waals surface area contributed by atoms with Gasteiger partial charge in [0.1, 0.15) is 6.07 Å². The number of anilines is 1. The van der Waals surface area contributed by atoms with Crippen molar-refractivity contribution in [3.05, 3.63) is 82.4 Å². The summed E-state index contributed by atoms with van der Waals surface area (Å²) in [4.78, 5) is 11.5. The molecule has 0 saturated heterocycles. The van der Waals surface area contributed by atoms with Crippen molar-refractivity contribution in [2.45, 2.75) is 0 Å². The molecule has 5 heteroatoms. The molecule has 25 heavy (non-hydrogen) atoms. The van der Waals surface area contributed by atoms with E-state index >= 15 is 0 Å². The molecule has 0 amide bonds. The van der Waals surface area contributed by atoms with Gasteiger partial charge in [0, 0.05) is 7.05 Å². The average Bonchev–Trinajstić information content (AvgIpc) is 2.67. The fourth-order valence-electron chi connectivity index (χ4n) is 2.90. The van der Waals surface area contributed by atoms with Crippen molar-refractivity contribution in [2.75, 3.05) is 12.4 Å². The zero-order valence-electron chi connectivity index (χ0n) is 13.6. The van der Waals surface area contributed by atoms with Crippen molar-refractivity contribution in [1.82, 2.24) is 0 Å². The number of nitriles is 1. The summed E-state index contributed by atoms with van der Waals surface area (Å²) < 4.78 is 0. The van der Waals surface area contributed by atoms with Gasteiger partial charge in [0.15, 0.2) is 0 Å². The third-order valence-electron chi connectivity index (χ3n) is 4.01. The van der Waals surface area contributed by atoms with Crippen LogP contribution in [0.15, 0.2) is 66.7 Å². The van der Waals surface area contributed by atoms with Gasteiger partial charge in [0.2, 0.25) is 0 Å². The highest BCUT2D eigenvalue weighted by Gasteiger charge is 2.27. The van der Waals surface area contributed by atoms with Crippen LogP contribution in [0.3, 0.4) is 0 Å². The van der Waals surface area contributed by atoms with Gasteiger partial charge in [-0.1, -0.05) is 60.7 Å². The molecule has 0 atom stereocenters. The number of nitrogens with one attached hydrogen (secondary N) is 1. The third-order valence-corrected chi connectivity index (χ3v) is 4.01. The predicted molar refractivity (Wildman–Crippen MR) is 98.2 cm³/mol. The fourth-order valence-corrected chi connectivity index (χ4v) is 2.90. The van der Waals surface area contributed by atoms with E-state index in [1.807, 2.05) is 36.4 Å². The van der Waals surface area contributed by atoms with Crippen molar-refractivity contribution in [1.29, 1.82) is 5.26 Å². The quantitative estimate of drug-likeness (QED) is 0.548. The molecular formula is C20H15N3O2. The van der Waals surface area contributed by atoms with Gasteiger partial charge in [-0.25, -0.2) is 0 Å². The van der Waals surface area contributed by atoms with Crippen LogP contribution in [0.4, 0.5) is 11.4 Å². The van der Waals surface area contributed by atoms with Crippen LogP contribution in [-0.2, 0) is 0 Å². The first-order chi connectivity index (χ1) is 12.2. The Morgan fingerprint density at radius 1 is 1.00 bits per heavy atom. The van der Waals surface area contributed by atoms with Gasteiger partial charge in [-0.3, -0.25) is 10.1 Å². The molecule has 0 unspecified atom stereocenters. The maximum Gasteiger partial charge on any atom is 0.286 e. The molecule has 1 N–H and O–H groups in total. The maximum absolute atomic E-state index is 11.9. The second kappa shape index (κ2) is 6.85. The summed E-state index contributed by atoms with van der Waals surface area (Å²) in [6.45, 7) is 0. The number of hydrogen-bond donors (Lipinski definition) is 1. The van der Waals surface area contributed by atoms with E-state index in [4.69, 9.17) is 0 Å². The molecule has 0 radical (unpaired) electrons. The van der Waals surface area contributed by atoms with E-state index in [0.29, 0.717) is 22.4 Å². The lowest BCUT2D eigenvalue weighted by Gasteiger charge is -2.14. The topological polar surface area (TPSA) is 79.0 Å². The second-order valence-electron chi connectivity index (χ2n) is 5.42. The Bertz CT molecular complexity index is 962. The lowest BCUT2D eigenvalue weighted by atomic mass is 9.91. The van der Waals surface area contributed by atoms with Crippen molar-refractivity contribution in [3.8, 4) is 28.3 Å². The molecule has 0 fully saturated rings. The second-order valence-corrected chi connectivity index (χ2v) is 5.42. The summed E-state index contributed by atoms with van der Waals surface area (Å²) in [6, 6.07) is 21.9. The standard InChI is InChI=1S/C20H15N3O2/c1-22-18-12-16(14-8-4-2-5-9-14)20(23(24)25)19(17(18)13-21)15-10-6-3-7-11-15/h2-12,22H,1H3. The van der Waals surface area contributed by atoms with Gasteiger partial charge in [0.25, 0.3) is 5.69 Å². The summed E-state index contributed by atoms with van der Waals surface area (Å²) in [6.07, 6.45) is 0. The van der Waals surface area contributed by atoms with E-state index in [2.05, 4.69) is 11.4 Å². The minimum Gasteiger partial charge on any atom is -0.387 e. The lowest BCUT2D eigenvalue weighted by molar-refractivity contribution is -0.383. The molecule has 5 nitrogen and oxygen atoms in total. The van der Waals surface area contributed by atoms with Crippen molar-refractivity contribution in [2.24, 2.45) is 0 Å². The van der Waals surface area contributed by atoms with Crippen molar-refractivity contribution < 1.29 is 4.92 Å². The molecule has 0 bridgehead atoms. The normalized spacial score (nSPS) is 10.1. The number of nitro benzene ring substituents is 1. The molecule has 0 spiro atoms.